The second kappa shape index (κ2) is 5.38. The topological polar surface area (TPSA) is 84.7 Å². The molecule has 1 aliphatic heterocycles. The molecule has 0 spiro atoms. The number of nitrogens with zero attached hydrogens (tertiary/aromatic N) is 4. The summed E-state index contributed by atoms with van der Waals surface area (Å²) in [5.74, 6) is 0.0134. The monoisotopic (exact) mass is 272 g/mol. The number of aryl methyl sites for hydroxylation is 1. The summed E-state index contributed by atoms with van der Waals surface area (Å²) in [6.45, 7) is 2.86. The van der Waals surface area contributed by atoms with E-state index in [0.717, 1.165) is 36.3 Å². The average Bonchev–Trinajstić information content (AvgIpc) is 3.14. The van der Waals surface area contributed by atoms with Crippen molar-refractivity contribution in [2.75, 3.05) is 11.9 Å². The van der Waals surface area contributed by atoms with Crippen molar-refractivity contribution in [1.82, 2.24) is 25.5 Å². The quantitative estimate of drug-likeness (QED) is 0.857. The summed E-state index contributed by atoms with van der Waals surface area (Å²) in [6.07, 6.45) is 3.45. The Morgan fingerprint density at radius 2 is 2.40 bits per heavy atom. The Balaban J connectivity index is 1.81. The van der Waals surface area contributed by atoms with Crippen LogP contribution in [0.4, 0.5) is 5.69 Å². The van der Waals surface area contributed by atoms with Gasteiger partial charge in [0.05, 0.1) is 11.7 Å². The maximum absolute atomic E-state index is 12.1. The van der Waals surface area contributed by atoms with E-state index in [1.807, 2.05) is 25.1 Å². The van der Waals surface area contributed by atoms with E-state index >= 15 is 0 Å². The van der Waals surface area contributed by atoms with Crippen LogP contribution in [0.5, 0.6) is 0 Å². The van der Waals surface area contributed by atoms with Crippen molar-refractivity contribution in [2.45, 2.75) is 25.8 Å². The lowest BCUT2D eigenvalue weighted by atomic mass is 10.1. The first-order chi connectivity index (χ1) is 9.74. The van der Waals surface area contributed by atoms with Gasteiger partial charge < -0.3 is 10.6 Å². The smallest absolute Gasteiger partial charge is 0.241 e. The normalized spacial score (nSPS) is 18.1. The number of hydrogen-bond acceptors (Lipinski definition) is 5. The molecule has 2 N–H and O–H groups in total. The Labute approximate surface area is 116 Å². The molecule has 7 nitrogen and oxygen atoms in total. The van der Waals surface area contributed by atoms with Crippen LogP contribution in [-0.4, -0.2) is 38.7 Å². The van der Waals surface area contributed by atoms with Crippen LogP contribution in [0.25, 0.3) is 5.69 Å². The minimum atomic E-state index is -0.0916. The molecular formula is C13H16N6O. The Hall–Kier alpha value is -2.28. The largest absolute Gasteiger partial charge is 0.324 e. The number of hydrogen-bond donors (Lipinski definition) is 2. The van der Waals surface area contributed by atoms with Crippen molar-refractivity contribution in [2.24, 2.45) is 0 Å². The van der Waals surface area contributed by atoms with Crippen LogP contribution in [0.15, 0.2) is 24.5 Å². The average molecular weight is 272 g/mol. The number of tetrazole rings is 1. The van der Waals surface area contributed by atoms with Crippen molar-refractivity contribution < 1.29 is 4.79 Å². The summed E-state index contributed by atoms with van der Waals surface area (Å²) in [6, 6.07) is 5.63. The van der Waals surface area contributed by atoms with Crippen molar-refractivity contribution in [3.05, 3.63) is 30.1 Å². The number of benzene rings is 1. The predicted molar refractivity (Wildman–Crippen MR) is 73.5 cm³/mol. The Morgan fingerprint density at radius 3 is 3.10 bits per heavy atom. The van der Waals surface area contributed by atoms with E-state index in [1.165, 1.54) is 6.33 Å². The van der Waals surface area contributed by atoms with Gasteiger partial charge >= 0.3 is 0 Å². The van der Waals surface area contributed by atoms with Crippen molar-refractivity contribution >= 4 is 11.6 Å². The number of rotatable bonds is 3. The molecule has 0 saturated carbocycles. The summed E-state index contributed by atoms with van der Waals surface area (Å²) in [5, 5.41) is 17.2. The molecule has 7 heteroatoms. The van der Waals surface area contributed by atoms with Crippen molar-refractivity contribution in [3.63, 3.8) is 0 Å². The number of amides is 1. The second-order valence-electron chi connectivity index (χ2n) is 4.89. The fourth-order valence-corrected chi connectivity index (χ4v) is 2.29. The van der Waals surface area contributed by atoms with Gasteiger partial charge in [-0.1, -0.05) is 6.07 Å². The molecular weight excluding hydrogens is 256 g/mol. The van der Waals surface area contributed by atoms with E-state index in [2.05, 4.69) is 26.2 Å². The summed E-state index contributed by atoms with van der Waals surface area (Å²) in [7, 11) is 0. The molecule has 1 fully saturated rings. The molecule has 1 amide bonds. The SMILES string of the molecule is Cc1ccc(-n2cnnn2)cc1NC(=O)C1CCCN1. The predicted octanol–water partition coefficient (Wildman–Crippen LogP) is 0.661. The van der Waals surface area contributed by atoms with Gasteiger partial charge in [0.2, 0.25) is 5.91 Å². The van der Waals surface area contributed by atoms with Gasteiger partial charge in [-0.15, -0.1) is 5.10 Å². The molecule has 104 valence electrons. The van der Waals surface area contributed by atoms with Gasteiger partial charge in [-0.2, -0.15) is 0 Å². The standard InChI is InChI=1S/C13H16N6O/c1-9-4-5-10(19-8-15-17-18-19)7-12(9)16-13(20)11-3-2-6-14-11/h4-5,7-8,11,14H,2-3,6H2,1H3,(H,16,20). The Bertz CT molecular complexity index is 603. The van der Waals surface area contributed by atoms with E-state index in [1.54, 1.807) is 4.68 Å². The number of carbonyl (C=O) groups excluding carboxylic acids is 1. The molecule has 20 heavy (non-hydrogen) atoms. The molecule has 0 radical (unpaired) electrons. The van der Waals surface area contributed by atoms with E-state index in [-0.39, 0.29) is 11.9 Å². The van der Waals surface area contributed by atoms with Gasteiger partial charge in [0, 0.05) is 5.69 Å². The van der Waals surface area contributed by atoms with E-state index in [0.29, 0.717) is 0 Å². The van der Waals surface area contributed by atoms with Crippen molar-refractivity contribution in [1.29, 1.82) is 0 Å². The first-order valence-electron chi connectivity index (χ1n) is 6.62. The second-order valence-corrected chi connectivity index (χ2v) is 4.89. The molecule has 1 unspecified atom stereocenters. The number of nitrogens with one attached hydrogen (secondary N) is 2. The molecule has 2 heterocycles. The lowest BCUT2D eigenvalue weighted by Crippen LogP contribution is -2.35. The van der Waals surface area contributed by atoms with Crippen LogP contribution in [0.1, 0.15) is 18.4 Å². The highest BCUT2D eigenvalue weighted by Crippen LogP contribution is 2.20. The summed E-state index contributed by atoms with van der Waals surface area (Å²) in [4.78, 5) is 12.1. The lowest BCUT2D eigenvalue weighted by Gasteiger charge is -2.14. The molecule has 3 rings (SSSR count). The molecule has 2 aromatic rings. The molecule has 1 aromatic heterocycles. The first kappa shape index (κ1) is 12.7. The van der Waals surface area contributed by atoms with E-state index in [4.69, 9.17) is 0 Å². The van der Waals surface area contributed by atoms with E-state index < -0.39 is 0 Å². The molecule has 1 aromatic carbocycles. The van der Waals surface area contributed by atoms with Gasteiger partial charge in [0.25, 0.3) is 0 Å². The highest BCUT2D eigenvalue weighted by molar-refractivity contribution is 5.95. The highest BCUT2D eigenvalue weighted by Gasteiger charge is 2.22. The highest BCUT2D eigenvalue weighted by atomic mass is 16.2. The third-order valence-corrected chi connectivity index (χ3v) is 3.47. The molecule has 0 aliphatic carbocycles. The summed E-state index contributed by atoms with van der Waals surface area (Å²) in [5.41, 5.74) is 2.61. The minimum Gasteiger partial charge on any atom is -0.324 e. The molecule has 1 saturated heterocycles. The maximum atomic E-state index is 12.1. The van der Waals surface area contributed by atoms with Crippen LogP contribution >= 0.6 is 0 Å². The van der Waals surface area contributed by atoms with Crippen molar-refractivity contribution in [3.8, 4) is 5.69 Å². The van der Waals surface area contributed by atoms with Gasteiger partial charge in [-0.3, -0.25) is 4.79 Å². The van der Waals surface area contributed by atoms with Gasteiger partial charge in [0.1, 0.15) is 6.33 Å². The third-order valence-electron chi connectivity index (χ3n) is 3.47. The van der Waals surface area contributed by atoms with Gasteiger partial charge in [-0.25, -0.2) is 4.68 Å². The maximum Gasteiger partial charge on any atom is 0.241 e. The Morgan fingerprint density at radius 1 is 1.50 bits per heavy atom. The zero-order valence-corrected chi connectivity index (χ0v) is 11.2. The first-order valence-corrected chi connectivity index (χ1v) is 6.62. The lowest BCUT2D eigenvalue weighted by molar-refractivity contribution is -0.117. The van der Waals surface area contributed by atoms with E-state index in [9.17, 15) is 4.79 Å². The van der Waals surface area contributed by atoms with Crippen LogP contribution in [0.2, 0.25) is 0 Å². The fourth-order valence-electron chi connectivity index (χ4n) is 2.29. The van der Waals surface area contributed by atoms with Gasteiger partial charge in [-0.05, 0) is 54.4 Å². The summed E-state index contributed by atoms with van der Waals surface area (Å²) >= 11 is 0. The molecule has 1 aliphatic rings. The van der Waals surface area contributed by atoms with Crippen LogP contribution in [-0.2, 0) is 4.79 Å². The zero-order chi connectivity index (χ0) is 13.9. The minimum absolute atomic E-state index is 0.0134. The Kier molecular flexibility index (Phi) is 3.42. The van der Waals surface area contributed by atoms with Gasteiger partial charge in [0.15, 0.2) is 0 Å². The molecule has 0 bridgehead atoms. The number of carbonyl (C=O) groups is 1. The van der Waals surface area contributed by atoms with Crippen LogP contribution in [0, 0.1) is 6.92 Å². The van der Waals surface area contributed by atoms with Crippen LogP contribution < -0.4 is 10.6 Å². The number of anilines is 1. The summed E-state index contributed by atoms with van der Waals surface area (Å²) < 4.78 is 1.56. The van der Waals surface area contributed by atoms with Crippen LogP contribution in [0.3, 0.4) is 0 Å². The third kappa shape index (κ3) is 2.53. The fraction of sp³-hybridized carbons (Fsp3) is 0.385. The number of aromatic nitrogens is 4. The zero-order valence-electron chi connectivity index (χ0n) is 11.2. The molecule has 1 atom stereocenters.